The van der Waals surface area contributed by atoms with Gasteiger partial charge >= 0.3 is 0 Å². The van der Waals surface area contributed by atoms with E-state index in [0.29, 0.717) is 24.6 Å². The second kappa shape index (κ2) is 8.08. The maximum Gasteiger partial charge on any atom is 0.193 e. The van der Waals surface area contributed by atoms with Crippen LogP contribution in [0.5, 0.6) is 11.5 Å². The Morgan fingerprint density at radius 3 is 2.61 bits per heavy atom. The molecule has 23 heavy (non-hydrogen) atoms. The first-order valence-corrected chi connectivity index (χ1v) is 8.11. The van der Waals surface area contributed by atoms with Crippen LogP contribution in [0.1, 0.15) is 39.0 Å². The van der Waals surface area contributed by atoms with Crippen molar-refractivity contribution in [3.63, 3.8) is 0 Å². The summed E-state index contributed by atoms with van der Waals surface area (Å²) in [4.78, 5) is 4.52. The van der Waals surface area contributed by atoms with Crippen LogP contribution >= 0.6 is 24.0 Å². The Balaban J connectivity index is 0.00000192. The van der Waals surface area contributed by atoms with Crippen molar-refractivity contribution < 1.29 is 9.47 Å². The summed E-state index contributed by atoms with van der Waals surface area (Å²) in [6, 6.07) is 5.77. The van der Waals surface area contributed by atoms with E-state index in [-0.39, 0.29) is 24.0 Å². The van der Waals surface area contributed by atoms with Gasteiger partial charge in [0.1, 0.15) is 0 Å². The normalized spacial score (nSPS) is 19.6. The summed E-state index contributed by atoms with van der Waals surface area (Å²) in [6.45, 7) is 4.46. The van der Waals surface area contributed by atoms with Gasteiger partial charge < -0.3 is 20.5 Å². The second-order valence-electron chi connectivity index (χ2n) is 6.56. The number of fused-ring (bicyclic) bond motifs is 1. The van der Waals surface area contributed by atoms with Gasteiger partial charge in [-0.1, -0.05) is 19.8 Å². The van der Waals surface area contributed by atoms with E-state index in [1.54, 1.807) is 0 Å². The molecule has 0 radical (unpaired) electrons. The van der Waals surface area contributed by atoms with Gasteiger partial charge in [-0.25, -0.2) is 0 Å². The highest BCUT2D eigenvalue weighted by molar-refractivity contribution is 14.0. The van der Waals surface area contributed by atoms with Gasteiger partial charge in [0.15, 0.2) is 17.5 Å². The number of guanidine groups is 1. The largest absolute Gasteiger partial charge is 0.490 e. The molecule has 1 fully saturated rings. The molecule has 1 aromatic rings. The standard InChI is InChI=1S/C17H25N3O2.HI/c1-17(7-2-3-8-17)12-19-16(18)20-13-5-6-14-15(11-13)22-10-4-9-21-14;/h5-6,11H,2-4,7-10,12H2,1H3,(H3,18,19,20);1H. The predicted octanol–water partition coefficient (Wildman–Crippen LogP) is 3.77. The first kappa shape index (κ1) is 18.2. The predicted molar refractivity (Wildman–Crippen MR) is 104 cm³/mol. The molecule has 3 rings (SSSR count). The molecule has 0 amide bonds. The van der Waals surface area contributed by atoms with Crippen LogP contribution in [0, 0.1) is 5.41 Å². The molecule has 1 saturated carbocycles. The van der Waals surface area contributed by atoms with Gasteiger partial charge in [0.2, 0.25) is 0 Å². The number of aliphatic imine (C=N–C) groups is 1. The molecular weight excluding hydrogens is 405 g/mol. The van der Waals surface area contributed by atoms with Gasteiger partial charge in [0.25, 0.3) is 0 Å². The number of rotatable bonds is 3. The third kappa shape index (κ3) is 4.89. The highest BCUT2D eigenvalue weighted by Gasteiger charge is 2.28. The van der Waals surface area contributed by atoms with Gasteiger partial charge in [0, 0.05) is 24.7 Å². The van der Waals surface area contributed by atoms with E-state index in [9.17, 15) is 0 Å². The zero-order valence-electron chi connectivity index (χ0n) is 13.6. The Bertz CT molecular complexity index is 557. The second-order valence-corrected chi connectivity index (χ2v) is 6.56. The van der Waals surface area contributed by atoms with Crippen LogP contribution in [0.3, 0.4) is 0 Å². The molecule has 0 bridgehead atoms. The molecule has 1 aromatic carbocycles. The van der Waals surface area contributed by atoms with Gasteiger partial charge in [0.05, 0.1) is 13.2 Å². The fourth-order valence-electron chi connectivity index (χ4n) is 3.09. The molecule has 2 aliphatic rings. The van der Waals surface area contributed by atoms with Crippen molar-refractivity contribution in [2.24, 2.45) is 16.1 Å². The maximum absolute atomic E-state index is 6.02. The van der Waals surface area contributed by atoms with E-state index in [2.05, 4.69) is 17.2 Å². The summed E-state index contributed by atoms with van der Waals surface area (Å²) in [6.07, 6.45) is 6.00. The number of hydrogen-bond acceptors (Lipinski definition) is 3. The van der Waals surface area contributed by atoms with Crippen molar-refractivity contribution in [2.45, 2.75) is 39.0 Å². The molecule has 0 saturated heterocycles. The lowest BCUT2D eigenvalue weighted by molar-refractivity contribution is 0.297. The highest BCUT2D eigenvalue weighted by Crippen LogP contribution is 2.37. The molecular formula is C17H26IN3O2. The Labute approximate surface area is 155 Å². The third-order valence-electron chi connectivity index (χ3n) is 4.46. The number of nitrogens with zero attached hydrogens (tertiary/aromatic N) is 1. The molecule has 0 aromatic heterocycles. The van der Waals surface area contributed by atoms with Crippen LogP contribution in [-0.2, 0) is 0 Å². The topological polar surface area (TPSA) is 68.9 Å². The molecule has 3 N–H and O–H groups in total. The maximum atomic E-state index is 6.02. The smallest absolute Gasteiger partial charge is 0.193 e. The van der Waals surface area contributed by atoms with E-state index < -0.39 is 0 Å². The number of benzene rings is 1. The van der Waals surface area contributed by atoms with E-state index in [1.165, 1.54) is 25.7 Å². The van der Waals surface area contributed by atoms with Crippen molar-refractivity contribution in [2.75, 3.05) is 25.1 Å². The van der Waals surface area contributed by atoms with E-state index >= 15 is 0 Å². The highest BCUT2D eigenvalue weighted by atomic mass is 127. The minimum atomic E-state index is 0. The zero-order valence-corrected chi connectivity index (χ0v) is 16.0. The van der Waals surface area contributed by atoms with Crippen molar-refractivity contribution in [1.29, 1.82) is 0 Å². The summed E-state index contributed by atoms with van der Waals surface area (Å²) >= 11 is 0. The van der Waals surface area contributed by atoms with Crippen molar-refractivity contribution in [3.8, 4) is 11.5 Å². The molecule has 1 heterocycles. The fourth-order valence-corrected chi connectivity index (χ4v) is 3.09. The van der Waals surface area contributed by atoms with Gasteiger partial charge in [-0.15, -0.1) is 24.0 Å². The van der Waals surface area contributed by atoms with E-state index in [1.807, 2.05) is 18.2 Å². The molecule has 0 spiro atoms. The summed E-state index contributed by atoms with van der Waals surface area (Å²) < 4.78 is 11.3. The molecule has 1 aliphatic heterocycles. The van der Waals surface area contributed by atoms with Crippen LogP contribution in [0.4, 0.5) is 5.69 Å². The Morgan fingerprint density at radius 2 is 1.87 bits per heavy atom. The number of nitrogens with one attached hydrogen (secondary N) is 1. The van der Waals surface area contributed by atoms with E-state index in [4.69, 9.17) is 15.2 Å². The van der Waals surface area contributed by atoms with Crippen LogP contribution in [0.15, 0.2) is 23.2 Å². The van der Waals surface area contributed by atoms with Crippen molar-refractivity contribution in [3.05, 3.63) is 18.2 Å². The number of nitrogens with two attached hydrogens (primary N) is 1. The fraction of sp³-hybridized carbons (Fsp3) is 0.588. The summed E-state index contributed by atoms with van der Waals surface area (Å²) in [5, 5.41) is 3.15. The molecule has 128 valence electrons. The monoisotopic (exact) mass is 431 g/mol. The number of hydrogen-bond donors (Lipinski definition) is 2. The van der Waals surface area contributed by atoms with Crippen molar-refractivity contribution in [1.82, 2.24) is 0 Å². The van der Waals surface area contributed by atoms with Gasteiger partial charge in [-0.2, -0.15) is 0 Å². The quantitative estimate of drug-likeness (QED) is 0.434. The van der Waals surface area contributed by atoms with Gasteiger partial charge in [-0.05, 0) is 30.4 Å². The first-order valence-electron chi connectivity index (χ1n) is 8.11. The lowest BCUT2D eigenvalue weighted by Crippen LogP contribution is -2.25. The minimum absolute atomic E-state index is 0. The molecule has 6 heteroatoms. The number of anilines is 1. The Hall–Kier alpha value is -1.18. The summed E-state index contributed by atoms with van der Waals surface area (Å²) in [5.74, 6) is 2.01. The van der Waals surface area contributed by atoms with E-state index in [0.717, 1.165) is 30.2 Å². The number of halogens is 1. The average Bonchev–Trinajstić information content (AvgIpc) is 2.80. The molecule has 0 unspecified atom stereocenters. The molecule has 5 nitrogen and oxygen atoms in total. The molecule has 1 aliphatic carbocycles. The summed E-state index contributed by atoms with van der Waals surface area (Å²) in [5.41, 5.74) is 7.21. The lowest BCUT2D eigenvalue weighted by Gasteiger charge is -2.20. The summed E-state index contributed by atoms with van der Waals surface area (Å²) in [7, 11) is 0. The Kier molecular flexibility index (Phi) is 6.38. The van der Waals surface area contributed by atoms with Crippen LogP contribution in [0.25, 0.3) is 0 Å². The number of ether oxygens (including phenoxy) is 2. The van der Waals surface area contributed by atoms with Crippen LogP contribution in [-0.4, -0.2) is 25.7 Å². The lowest BCUT2D eigenvalue weighted by atomic mass is 9.89. The van der Waals surface area contributed by atoms with Crippen molar-refractivity contribution >= 4 is 35.6 Å². The van der Waals surface area contributed by atoms with Gasteiger partial charge in [-0.3, -0.25) is 4.99 Å². The zero-order chi connectivity index (χ0) is 15.4. The third-order valence-corrected chi connectivity index (χ3v) is 4.46. The Morgan fingerprint density at radius 1 is 1.17 bits per heavy atom. The first-order chi connectivity index (χ1) is 10.6. The van der Waals surface area contributed by atoms with Crippen LogP contribution in [0.2, 0.25) is 0 Å². The average molecular weight is 431 g/mol. The SMILES string of the molecule is CC1(CN=C(N)Nc2ccc3c(c2)OCCCO3)CCCC1.I. The minimum Gasteiger partial charge on any atom is -0.490 e. The molecule has 0 atom stereocenters. The van der Waals surface area contributed by atoms with Crippen LogP contribution < -0.4 is 20.5 Å².